The number of benzene rings is 2. The molecule has 1 aliphatic rings. The number of hydrogen-bond donors (Lipinski definition) is 2. The summed E-state index contributed by atoms with van der Waals surface area (Å²) < 4.78 is 16.9. The fraction of sp³-hybridized carbons (Fsp3) is 0.435. The number of nitrogens with one attached hydrogen (secondary N) is 2. The zero-order valence-corrected chi connectivity index (χ0v) is 17.3. The molecule has 156 valence electrons. The smallest absolute Gasteiger partial charge is 0.195 e. The predicted octanol–water partition coefficient (Wildman–Crippen LogP) is 4.22. The number of hydrogen-bond acceptors (Lipinski definition) is 4. The van der Waals surface area contributed by atoms with Gasteiger partial charge in [-0.25, -0.2) is 0 Å². The van der Waals surface area contributed by atoms with Crippen LogP contribution in [0, 0.1) is 0 Å². The molecule has 3 rings (SSSR count). The number of para-hydroxylation sites is 1. The summed E-state index contributed by atoms with van der Waals surface area (Å²) in [5.74, 6) is 2.47. The van der Waals surface area contributed by atoms with Gasteiger partial charge in [-0.2, -0.15) is 0 Å². The molecule has 0 spiro atoms. The zero-order chi connectivity index (χ0) is 20.3. The highest BCUT2D eigenvalue weighted by Crippen LogP contribution is 2.27. The molecular weight excluding hydrogens is 366 g/mol. The molecule has 6 nitrogen and oxygen atoms in total. The summed E-state index contributed by atoms with van der Waals surface area (Å²) in [7, 11) is 3.46. The molecule has 0 aromatic heterocycles. The van der Waals surface area contributed by atoms with E-state index in [9.17, 15) is 0 Å². The zero-order valence-electron chi connectivity index (χ0n) is 17.3. The average molecular weight is 398 g/mol. The van der Waals surface area contributed by atoms with Crippen LogP contribution in [-0.4, -0.2) is 39.4 Å². The van der Waals surface area contributed by atoms with E-state index in [2.05, 4.69) is 21.7 Å². The molecule has 2 aromatic carbocycles. The van der Waals surface area contributed by atoms with Gasteiger partial charge in [-0.1, -0.05) is 24.3 Å². The molecule has 1 saturated carbocycles. The van der Waals surface area contributed by atoms with Crippen LogP contribution in [0.2, 0.25) is 0 Å². The Bertz CT molecular complexity index is 790. The molecule has 2 N–H and O–H groups in total. The molecule has 6 heteroatoms. The third-order valence-corrected chi connectivity index (χ3v) is 4.85. The van der Waals surface area contributed by atoms with Crippen LogP contribution >= 0.6 is 0 Å². The maximum atomic E-state index is 6.11. The van der Waals surface area contributed by atoms with Crippen molar-refractivity contribution < 1.29 is 14.2 Å². The van der Waals surface area contributed by atoms with E-state index in [0.29, 0.717) is 31.8 Å². The molecule has 0 atom stereocenters. The second-order valence-electron chi connectivity index (χ2n) is 7.05. The number of rotatable bonds is 10. The molecule has 29 heavy (non-hydrogen) atoms. The van der Waals surface area contributed by atoms with Crippen LogP contribution in [0.3, 0.4) is 0 Å². The van der Waals surface area contributed by atoms with Gasteiger partial charge in [-0.3, -0.25) is 4.99 Å². The highest BCUT2D eigenvalue weighted by Gasteiger charge is 2.20. The Labute approximate surface area is 173 Å². The summed E-state index contributed by atoms with van der Waals surface area (Å²) in [6.07, 6.45) is 4.78. The maximum Gasteiger partial charge on any atom is 0.195 e. The lowest BCUT2D eigenvalue weighted by molar-refractivity contribution is 0.119. The van der Waals surface area contributed by atoms with Crippen LogP contribution in [0.15, 0.2) is 53.5 Å². The minimum atomic E-state index is 0.361. The van der Waals surface area contributed by atoms with E-state index in [4.69, 9.17) is 14.2 Å². The van der Waals surface area contributed by atoms with E-state index < -0.39 is 0 Å². The van der Waals surface area contributed by atoms with Gasteiger partial charge in [0.05, 0.1) is 12.7 Å². The minimum Gasteiger partial charge on any atom is -0.493 e. The van der Waals surface area contributed by atoms with Crippen LogP contribution in [0.25, 0.3) is 0 Å². The molecule has 0 amide bonds. The Morgan fingerprint density at radius 2 is 1.97 bits per heavy atom. The Morgan fingerprint density at radius 3 is 2.72 bits per heavy atom. The normalized spacial score (nSPS) is 14.2. The number of anilines is 1. The predicted molar refractivity (Wildman–Crippen MR) is 117 cm³/mol. The van der Waals surface area contributed by atoms with Crippen molar-refractivity contribution in [3.05, 3.63) is 54.1 Å². The first-order chi connectivity index (χ1) is 14.3. The van der Waals surface area contributed by atoms with Crippen LogP contribution < -0.4 is 20.1 Å². The van der Waals surface area contributed by atoms with Gasteiger partial charge >= 0.3 is 0 Å². The first-order valence-corrected chi connectivity index (χ1v) is 10.2. The van der Waals surface area contributed by atoms with E-state index in [1.54, 1.807) is 14.2 Å². The van der Waals surface area contributed by atoms with Gasteiger partial charge in [0.2, 0.25) is 0 Å². The molecule has 0 saturated heterocycles. The van der Waals surface area contributed by atoms with Crippen LogP contribution in [0.5, 0.6) is 11.5 Å². The third-order valence-electron chi connectivity index (χ3n) is 4.85. The molecular formula is C23H31N3O3. The van der Waals surface area contributed by atoms with Crippen LogP contribution in [-0.2, 0) is 11.3 Å². The summed E-state index contributed by atoms with van der Waals surface area (Å²) in [6, 6.07) is 16.0. The molecule has 2 aromatic rings. The van der Waals surface area contributed by atoms with Gasteiger partial charge in [-0.05, 0) is 37.5 Å². The van der Waals surface area contributed by atoms with Crippen molar-refractivity contribution in [1.29, 1.82) is 0 Å². The quantitative estimate of drug-likeness (QED) is 0.357. The fourth-order valence-electron chi connectivity index (χ4n) is 2.98. The molecule has 1 aliphatic carbocycles. The van der Waals surface area contributed by atoms with E-state index in [1.807, 2.05) is 42.5 Å². The SMILES string of the molecule is CN=C(NCc1ccccc1OC1CCC1)Nc1cccc(OCCCOC)c1. The Morgan fingerprint density at radius 1 is 1.10 bits per heavy atom. The third kappa shape index (κ3) is 6.68. The summed E-state index contributed by atoms with van der Waals surface area (Å²) in [5, 5.41) is 6.68. The minimum absolute atomic E-state index is 0.361. The standard InChI is InChI=1S/C23H31N3O3/c1-24-23(26-19-9-5-12-21(16-19)28-15-7-14-27-2)25-17-18-8-3-4-13-22(18)29-20-10-6-11-20/h3-5,8-9,12-13,16,20H,6-7,10-11,14-15,17H2,1-2H3,(H2,24,25,26). The van der Waals surface area contributed by atoms with Crippen molar-refractivity contribution in [2.75, 3.05) is 32.7 Å². The van der Waals surface area contributed by atoms with Crippen molar-refractivity contribution in [3.63, 3.8) is 0 Å². The Balaban J connectivity index is 1.53. The molecule has 0 aliphatic heterocycles. The first-order valence-electron chi connectivity index (χ1n) is 10.2. The van der Waals surface area contributed by atoms with E-state index in [0.717, 1.165) is 42.0 Å². The summed E-state index contributed by atoms with van der Waals surface area (Å²) in [6.45, 7) is 1.96. The van der Waals surface area contributed by atoms with Gasteiger partial charge in [-0.15, -0.1) is 0 Å². The van der Waals surface area contributed by atoms with Crippen molar-refractivity contribution >= 4 is 11.6 Å². The molecule has 0 bridgehead atoms. The van der Waals surface area contributed by atoms with Gasteiger partial charge < -0.3 is 24.8 Å². The largest absolute Gasteiger partial charge is 0.493 e. The topological polar surface area (TPSA) is 64.1 Å². The number of methoxy groups -OCH3 is 1. The number of guanidine groups is 1. The monoisotopic (exact) mass is 397 g/mol. The van der Waals surface area contributed by atoms with Crippen molar-refractivity contribution in [1.82, 2.24) is 5.32 Å². The van der Waals surface area contributed by atoms with E-state index in [-0.39, 0.29) is 0 Å². The van der Waals surface area contributed by atoms with E-state index in [1.165, 1.54) is 6.42 Å². The highest BCUT2D eigenvalue weighted by atomic mass is 16.5. The lowest BCUT2D eigenvalue weighted by atomic mass is 9.96. The summed E-state index contributed by atoms with van der Waals surface area (Å²) >= 11 is 0. The first kappa shape index (κ1) is 21.0. The highest BCUT2D eigenvalue weighted by molar-refractivity contribution is 5.93. The number of aliphatic imine (C=N–C) groups is 1. The Kier molecular flexibility index (Phi) is 8.19. The van der Waals surface area contributed by atoms with Crippen LogP contribution in [0.1, 0.15) is 31.2 Å². The van der Waals surface area contributed by atoms with Gasteiger partial charge in [0, 0.05) is 51.0 Å². The van der Waals surface area contributed by atoms with Crippen molar-refractivity contribution in [3.8, 4) is 11.5 Å². The molecule has 0 unspecified atom stereocenters. The van der Waals surface area contributed by atoms with Gasteiger partial charge in [0.15, 0.2) is 5.96 Å². The number of ether oxygens (including phenoxy) is 3. The number of nitrogens with zero attached hydrogens (tertiary/aromatic N) is 1. The summed E-state index contributed by atoms with van der Waals surface area (Å²) in [5.41, 5.74) is 2.04. The van der Waals surface area contributed by atoms with Crippen molar-refractivity contribution in [2.24, 2.45) is 4.99 Å². The second kappa shape index (κ2) is 11.3. The lowest BCUT2D eigenvalue weighted by Crippen LogP contribution is -2.31. The average Bonchev–Trinajstić information content (AvgIpc) is 2.72. The Hall–Kier alpha value is -2.73. The lowest BCUT2D eigenvalue weighted by Gasteiger charge is -2.27. The molecule has 0 radical (unpaired) electrons. The van der Waals surface area contributed by atoms with Crippen molar-refractivity contribution in [2.45, 2.75) is 38.3 Å². The second-order valence-corrected chi connectivity index (χ2v) is 7.05. The summed E-state index contributed by atoms with van der Waals surface area (Å²) in [4.78, 5) is 4.33. The van der Waals surface area contributed by atoms with Gasteiger partial charge in [0.1, 0.15) is 11.5 Å². The maximum absolute atomic E-state index is 6.11. The molecule has 1 fully saturated rings. The molecule has 0 heterocycles. The fourth-order valence-corrected chi connectivity index (χ4v) is 2.98. The van der Waals surface area contributed by atoms with E-state index >= 15 is 0 Å². The van der Waals surface area contributed by atoms with Gasteiger partial charge in [0.25, 0.3) is 0 Å². The van der Waals surface area contributed by atoms with Crippen LogP contribution in [0.4, 0.5) is 5.69 Å².